The molecule has 140 valence electrons. The Morgan fingerprint density at radius 1 is 0.880 bits per heavy atom. The van der Waals surface area contributed by atoms with Crippen LogP contribution in [0.2, 0.25) is 0 Å². The van der Waals surface area contributed by atoms with Gasteiger partial charge in [0.15, 0.2) is 0 Å². The van der Waals surface area contributed by atoms with E-state index in [-0.39, 0.29) is 0 Å². The van der Waals surface area contributed by atoms with Crippen LogP contribution in [0.15, 0.2) is 30.3 Å². The van der Waals surface area contributed by atoms with Crippen molar-refractivity contribution in [1.29, 1.82) is 0 Å². The summed E-state index contributed by atoms with van der Waals surface area (Å²) in [6.07, 6.45) is 9.53. The number of benzene rings is 1. The molecule has 0 aromatic heterocycles. The average Bonchev–Trinajstić information content (AvgIpc) is 2.58. The predicted molar refractivity (Wildman–Crippen MR) is 108 cm³/mol. The fourth-order valence-electron chi connectivity index (χ4n) is 5.16. The van der Waals surface area contributed by atoms with Crippen molar-refractivity contribution in [2.45, 2.75) is 76.8 Å². The van der Waals surface area contributed by atoms with Gasteiger partial charge in [-0.1, -0.05) is 30.3 Å². The molecule has 2 heteroatoms. The average molecular weight is 343 g/mol. The van der Waals surface area contributed by atoms with E-state index >= 15 is 0 Å². The molecule has 1 spiro atoms. The lowest BCUT2D eigenvalue weighted by atomic mass is 9.61. The van der Waals surface area contributed by atoms with Crippen molar-refractivity contribution in [3.63, 3.8) is 0 Å². The van der Waals surface area contributed by atoms with Crippen LogP contribution < -0.4 is 0 Å². The summed E-state index contributed by atoms with van der Waals surface area (Å²) in [5.41, 5.74) is 2.80. The molecule has 2 nitrogen and oxygen atoms in total. The third kappa shape index (κ3) is 4.11. The second-order valence-electron chi connectivity index (χ2n) is 9.94. The number of rotatable bonds is 3. The minimum atomic E-state index is 0.330. The lowest BCUT2D eigenvalue weighted by Gasteiger charge is -2.54. The zero-order valence-corrected chi connectivity index (χ0v) is 17.1. The Hall–Kier alpha value is -0.860. The molecule has 0 radical (unpaired) electrons. The summed E-state index contributed by atoms with van der Waals surface area (Å²) < 4.78 is 0. The third-order valence-corrected chi connectivity index (χ3v) is 7.34. The lowest BCUT2D eigenvalue weighted by molar-refractivity contribution is -0.0186. The van der Waals surface area contributed by atoms with Gasteiger partial charge in [0.25, 0.3) is 0 Å². The maximum Gasteiger partial charge on any atom is 0.0244 e. The van der Waals surface area contributed by atoms with Crippen LogP contribution in [0.5, 0.6) is 0 Å². The zero-order valence-electron chi connectivity index (χ0n) is 17.1. The molecule has 1 saturated carbocycles. The van der Waals surface area contributed by atoms with E-state index in [1.807, 2.05) is 0 Å². The predicted octanol–water partition coefficient (Wildman–Crippen LogP) is 4.98. The summed E-state index contributed by atoms with van der Waals surface area (Å²) >= 11 is 0. The van der Waals surface area contributed by atoms with E-state index in [0.29, 0.717) is 16.5 Å². The van der Waals surface area contributed by atoms with Crippen molar-refractivity contribution < 1.29 is 0 Å². The first-order valence-corrected chi connectivity index (χ1v) is 10.2. The van der Waals surface area contributed by atoms with Gasteiger partial charge in [0.2, 0.25) is 0 Å². The van der Waals surface area contributed by atoms with Gasteiger partial charge < -0.3 is 4.90 Å². The molecule has 0 unspecified atom stereocenters. The van der Waals surface area contributed by atoms with Crippen molar-refractivity contribution in [2.24, 2.45) is 5.41 Å². The van der Waals surface area contributed by atoms with Crippen LogP contribution in [0.4, 0.5) is 0 Å². The monoisotopic (exact) mass is 342 g/mol. The number of piperidine rings is 1. The van der Waals surface area contributed by atoms with E-state index in [9.17, 15) is 0 Å². The second kappa shape index (κ2) is 7.04. The molecule has 0 atom stereocenters. The van der Waals surface area contributed by atoms with Crippen molar-refractivity contribution in [2.75, 3.05) is 27.2 Å². The van der Waals surface area contributed by atoms with Crippen LogP contribution in [0.25, 0.3) is 0 Å². The van der Waals surface area contributed by atoms with Crippen LogP contribution in [0.1, 0.15) is 64.9 Å². The smallest absolute Gasteiger partial charge is 0.0244 e. The standard InChI is InChI=1S/C23H38N2/c1-21(2,3)25-17-15-22(16-18-25)11-13-23(14-12-22,24(4)5)19-20-9-7-6-8-10-20/h6-10H,11-19H2,1-5H3. The van der Waals surface area contributed by atoms with Crippen molar-refractivity contribution in [1.82, 2.24) is 9.80 Å². The molecule has 1 saturated heterocycles. The van der Waals surface area contributed by atoms with Gasteiger partial charge in [0, 0.05) is 11.1 Å². The topological polar surface area (TPSA) is 6.48 Å². The molecule has 2 fully saturated rings. The van der Waals surface area contributed by atoms with Gasteiger partial charge in [-0.2, -0.15) is 0 Å². The maximum atomic E-state index is 2.69. The summed E-state index contributed by atoms with van der Waals surface area (Å²) in [4.78, 5) is 5.22. The van der Waals surface area contributed by atoms with E-state index in [2.05, 4.69) is 75.0 Å². The van der Waals surface area contributed by atoms with E-state index in [0.717, 1.165) is 0 Å². The van der Waals surface area contributed by atoms with Gasteiger partial charge in [-0.15, -0.1) is 0 Å². The SMILES string of the molecule is CN(C)C1(Cc2ccccc2)CCC2(CCN(C(C)(C)C)CC2)CC1. The molecular weight excluding hydrogens is 304 g/mol. The lowest BCUT2D eigenvalue weighted by Crippen LogP contribution is -2.54. The van der Waals surface area contributed by atoms with E-state index in [4.69, 9.17) is 0 Å². The summed E-state index contributed by atoms with van der Waals surface area (Å²) in [5.74, 6) is 0. The highest BCUT2D eigenvalue weighted by Crippen LogP contribution is 2.50. The highest BCUT2D eigenvalue weighted by molar-refractivity contribution is 5.19. The Morgan fingerprint density at radius 3 is 1.92 bits per heavy atom. The molecule has 1 heterocycles. The third-order valence-electron chi connectivity index (χ3n) is 7.34. The number of likely N-dealkylation sites (N-methyl/N-ethyl adjacent to an activating group) is 1. The van der Waals surface area contributed by atoms with Gasteiger partial charge >= 0.3 is 0 Å². The van der Waals surface area contributed by atoms with Crippen molar-refractivity contribution >= 4 is 0 Å². The number of hydrogen-bond donors (Lipinski definition) is 0. The number of likely N-dealkylation sites (tertiary alicyclic amines) is 1. The second-order valence-corrected chi connectivity index (χ2v) is 9.94. The van der Waals surface area contributed by atoms with Crippen LogP contribution in [0, 0.1) is 5.41 Å². The quantitative estimate of drug-likeness (QED) is 0.764. The molecule has 25 heavy (non-hydrogen) atoms. The first kappa shape index (κ1) is 18.9. The van der Waals surface area contributed by atoms with Gasteiger partial charge in [-0.3, -0.25) is 4.90 Å². The molecule has 3 rings (SSSR count). The number of nitrogens with zero attached hydrogens (tertiary/aromatic N) is 2. The maximum absolute atomic E-state index is 2.69. The van der Waals surface area contributed by atoms with Crippen LogP contribution in [-0.2, 0) is 6.42 Å². The minimum absolute atomic E-state index is 0.330. The van der Waals surface area contributed by atoms with Gasteiger partial charge in [-0.05, 0) is 104 Å². The molecule has 1 aromatic carbocycles. The van der Waals surface area contributed by atoms with Crippen LogP contribution in [-0.4, -0.2) is 48.1 Å². The summed E-state index contributed by atoms with van der Waals surface area (Å²) in [7, 11) is 4.59. The normalized spacial score (nSPS) is 23.9. The van der Waals surface area contributed by atoms with E-state index in [1.54, 1.807) is 0 Å². The Kier molecular flexibility index (Phi) is 5.33. The van der Waals surface area contributed by atoms with E-state index < -0.39 is 0 Å². The van der Waals surface area contributed by atoms with Crippen LogP contribution in [0.3, 0.4) is 0 Å². The molecule has 0 amide bonds. The van der Waals surface area contributed by atoms with Crippen molar-refractivity contribution in [3.8, 4) is 0 Å². The number of hydrogen-bond acceptors (Lipinski definition) is 2. The Balaban J connectivity index is 1.65. The molecule has 1 aromatic rings. The van der Waals surface area contributed by atoms with E-state index in [1.165, 1.54) is 63.6 Å². The molecule has 2 aliphatic rings. The first-order valence-electron chi connectivity index (χ1n) is 10.2. The Labute approximate surface area is 155 Å². The largest absolute Gasteiger partial charge is 0.303 e. The Bertz CT molecular complexity index is 537. The molecule has 0 N–H and O–H groups in total. The first-order chi connectivity index (χ1) is 11.7. The molecule has 1 aliphatic heterocycles. The molecular formula is C23H38N2. The Morgan fingerprint density at radius 2 is 1.44 bits per heavy atom. The summed E-state index contributed by atoms with van der Waals surface area (Å²) in [6.45, 7) is 9.67. The van der Waals surface area contributed by atoms with Gasteiger partial charge in [0.05, 0.1) is 0 Å². The molecule has 1 aliphatic carbocycles. The molecule has 0 bridgehead atoms. The van der Waals surface area contributed by atoms with Crippen molar-refractivity contribution in [3.05, 3.63) is 35.9 Å². The highest BCUT2D eigenvalue weighted by atomic mass is 15.2. The zero-order chi connectivity index (χ0) is 18.1. The fourth-order valence-corrected chi connectivity index (χ4v) is 5.16. The highest BCUT2D eigenvalue weighted by Gasteiger charge is 2.45. The minimum Gasteiger partial charge on any atom is -0.303 e. The summed E-state index contributed by atoms with van der Waals surface area (Å²) in [5, 5.41) is 0. The van der Waals surface area contributed by atoms with Gasteiger partial charge in [-0.25, -0.2) is 0 Å². The van der Waals surface area contributed by atoms with Crippen LogP contribution >= 0.6 is 0 Å². The summed E-state index contributed by atoms with van der Waals surface area (Å²) in [6, 6.07) is 11.1. The van der Waals surface area contributed by atoms with Gasteiger partial charge in [0.1, 0.15) is 0 Å². The fraction of sp³-hybridized carbons (Fsp3) is 0.739.